The summed E-state index contributed by atoms with van der Waals surface area (Å²) in [5, 5.41) is 2.00. The fraction of sp³-hybridized carbons (Fsp3) is 0.526. The lowest BCUT2D eigenvalue weighted by Crippen LogP contribution is -2.31. The van der Waals surface area contributed by atoms with Crippen LogP contribution in [0.15, 0.2) is 35.3 Å². The van der Waals surface area contributed by atoms with E-state index in [-0.39, 0.29) is 5.56 Å². The third-order valence-corrected chi connectivity index (χ3v) is 5.03. The smallest absolute Gasteiger partial charge is 0.258 e. The maximum atomic E-state index is 12.9. The van der Waals surface area contributed by atoms with E-state index < -0.39 is 0 Å². The minimum atomic E-state index is 0.189. The highest BCUT2D eigenvalue weighted by Crippen LogP contribution is 2.34. The van der Waals surface area contributed by atoms with E-state index in [1.807, 2.05) is 22.8 Å². The maximum Gasteiger partial charge on any atom is 0.258 e. The van der Waals surface area contributed by atoms with Gasteiger partial charge >= 0.3 is 0 Å². The minimum Gasteiger partial charge on any atom is -0.311 e. The number of pyridine rings is 1. The van der Waals surface area contributed by atoms with E-state index in [9.17, 15) is 4.79 Å². The zero-order chi connectivity index (χ0) is 15.0. The van der Waals surface area contributed by atoms with Crippen LogP contribution in [0.5, 0.6) is 0 Å². The fourth-order valence-electron chi connectivity index (χ4n) is 3.75. The molecular formula is C19H25NO. The Morgan fingerprint density at radius 3 is 2.43 bits per heavy atom. The molecule has 3 rings (SSSR count). The number of benzene rings is 1. The predicted molar refractivity (Wildman–Crippen MR) is 89.0 cm³/mol. The number of hydrogen-bond donors (Lipinski definition) is 0. The van der Waals surface area contributed by atoms with Crippen LogP contribution in [0.1, 0.15) is 64.0 Å². The maximum absolute atomic E-state index is 12.9. The van der Waals surface area contributed by atoms with Gasteiger partial charge in [0.2, 0.25) is 0 Å². The Labute approximate surface area is 126 Å². The zero-order valence-electron chi connectivity index (χ0n) is 13.3. The Balaban J connectivity index is 2.23. The monoisotopic (exact) mass is 283 g/mol. The van der Waals surface area contributed by atoms with Crippen molar-refractivity contribution in [2.75, 3.05) is 0 Å². The lowest BCUT2D eigenvalue weighted by molar-refractivity contribution is 0.252. The summed E-state index contributed by atoms with van der Waals surface area (Å²) < 4.78 is 2.04. The van der Waals surface area contributed by atoms with Crippen molar-refractivity contribution in [3.8, 4) is 0 Å². The Morgan fingerprint density at radius 1 is 1.10 bits per heavy atom. The number of hydrogen-bond acceptors (Lipinski definition) is 1. The molecule has 0 radical (unpaired) electrons. The molecule has 2 aromatic rings. The van der Waals surface area contributed by atoms with Crippen LogP contribution >= 0.6 is 0 Å². The highest BCUT2D eigenvalue weighted by molar-refractivity contribution is 5.85. The van der Waals surface area contributed by atoms with Gasteiger partial charge in [0.1, 0.15) is 0 Å². The first kappa shape index (κ1) is 14.4. The summed E-state index contributed by atoms with van der Waals surface area (Å²) in [6.07, 6.45) is 7.06. The summed E-state index contributed by atoms with van der Waals surface area (Å²) >= 11 is 0. The fourth-order valence-corrected chi connectivity index (χ4v) is 3.75. The molecule has 1 saturated carbocycles. The number of rotatable bonds is 2. The van der Waals surface area contributed by atoms with Crippen LogP contribution in [0.25, 0.3) is 10.8 Å². The molecule has 0 bridgehead atoms. The molecule has 21 heavy (non-hydrogen) atoms. The van der Waals surface area contributed by atoms with Crippen molar-refractivity contribution < 1.29 is 0 Å². The number of nitrogens with zero attached hydrogens (tertiary/aromatic N) is 1. The van der Waals surface area contributed by atoms with Crippen LogP contribution < -0.4 is 5.56 Å². The lowest BCUT2D eigenvalue weighted by atomic mass is 9.85. The molecular weight excluding hydrogens is 258 g/mol. The van der Waals surface area contributed by atoms with Gasteiger partial charge in [0, 0.05) is 17.6 Å². The molecule has 1 aliphatic carbocycles. The van der Waals surface area contributed by atoms with Crippen molar-refractivity contribution >= 4 is 10.8 Å². The van der Waals surface area contributed by atoms with Crippen LogP contribution in [0.2, 0.25) is 0 Å². The topological polar surface area (TPSA) is 22.0 Å². The summed E-state index contributed by atoms with van der Waals surface area (Å²) in [4.78, 5) is 12.9. The number of aromatic nitrogens is 1. The second kappa shape index (κ2) is 5.67. The normalized spacial score (nSPS) is 22.9. The Hall–Kier alpha value is -1.57. The Bertz CT molecular complexity index is 698. The highest BCUT2D eigenvalue weighted by atomic mass is 16.1. The van der Waals surface area contributed by atoms with Gasteiger partial charge in [-0.25, -0.2) is 0 Å². The molecule has 0 spiro atoms. The quantitative estimate of drug-likeness (QED) is 0.770. The second-order valence-corrected chi connectivity index (χ2v) is 6.83. The van der Waals surface area contributed by atoms with Crippen molar-refractivity contribution in [1.29, 1.82) is 0 Å². The SMILES string of the molecule is CC(C)c1cn([C@@H]2CCCC[C@@H]2C)c(=O)c2ccccc12. The molecule has 1 aromatic carbocycles. The van der Waals surface area contributed by atoms with Gasteiger partial charge in [0.25, 0.3) is 5.56 Å². The van der Waals surface area contributed by atoms with E-state index in [1.54, 1.807) is 0 Å². The van der Waals surface area contributed by atoms with Crippen LogP contribution in [0.4, 0.5) is 0 Å². The van der Waals surface area contributed by atoms with Gasteiger partial charge < -0.3 is 4.57 Å². The molecule has 2 atom stereocenters. The van der Waals surface area contributed by atoms with Gasteiger partial charge in [0.05, 0.1) is 0 Å². The van der Waals surface area contributed by atoms with Crippen molar-refractivity contribution in [3.05, 3.63) is 46.4 Å². The average molecular weight is 283 g/mol. The third kappa shape index (κ3) is 2.52. The van der Waals surface area contributed by atoms with Gasteiger partial charge in [0.15, 0.2) is 0 Å². The lowest BCUT2D eigenvalue weighted by Gasteiger charge is -2.31. The molecule has 0 N–H and O–H groups in total. The summed E-state index contributed by atoms with van der Waals surface area (Å²) in [5.74, 6) is 1.03. The Morgan fingerprint density at radius 2 is 1.76 bits per heavy atom. The first-order valence-electron chi connectivity index (χ1n) is 8.23. The van der Waals surface area contributed by atoms with E-state index in [4.69, 9.17) is 0 Å². The minimum absolute atomic E-state index is 0.189. The molecule has 1 aliphatic rings. The molecule has 2 nitrogen and oxygen atoms in total. The number of fused-ring (bicyclic) bond motifs is 1. The van der Waals surface area contributed by atoms with Gasteiger partial charge in [-0.05, 0) is 41.7 Å². The first-order valence-corrected chi connectivity index (χ1v) is 8.23. The molecule has 112 valence electrons. The third-order valence-electron chi connectivity index (χ3n) is 5.03. The van der Waals surface area contributed by atoms with E-state index in [2.05, 4.69) is 33.0 Å². The Kier molecular flexibility index (Phi) is 3.88. The predicted octanol–water partition coefficient (Wildman–Crippen LogP) is 4.88. The molecule has 0 aliphatic heterocycles. The van der Waals surface area contributed by atoms with Gasteiger partial charge in [-0.15, -0.1) is 0 Å². The van der Waals surface area contributed by atoms with Crippen LogP contribution in [0, 0.1) is 5.92 Å². The summed E-state index contributed by atoms with van der Waals surface area (Å²) in [6, 6.07) is 8.44. The van der Waals surface area contributed by atoms with Crippen molar-refractivity contribution in [3.63, 3.8) is 0 Å². The van der Waals surface area contributed by atoms with Crippen molar-refractivity contribution in [2.24, 2.45) is 5.92 Å². The largest absolute Gasteiger partial charge is 0.311 e. The highest BCUT2D eigenvalue weighted by Gasteiger charge is 2.25. The molecule has 0 amide bonds. The summed E-state index contributed by atoms with van der Waals surface area (Å²) in [7, 11) is 0. The van der Waals surface area contributed by atoms with Crippen molar-refractivity contribution in [2.45, 2.75) is 58.4 Å². The van der Waals surface area contributed by atoms with E-state index >= 15 is 0 Å². The van der Waals surface area contributed by atoms with E-state index in [0.717, 1.165) is 17.2 Å². The molecule has 0 unspecified atom stereocenters. The molecule has 1 heterocycles. The van der Waals surface area contributed by atoms with Gasteiger partial charge in [-0.3, -0.25) is 4.79 Å². The van der Waals surface area contributed by atoms with Crippen molar-refractivity contribution in [1.82, 2.24) is 4.57 Å². The zero-order valence-corrected chi connectivity index (χ0v) is 13.3. The van der Waals surface area contributed by atoms with Crippen LogP contribution in [-0.4, -0.2) is 4.57 Å². The molecule has 1 fully saturated rings. The summed E-state index contributed by atoms with van der Waals surface area (Å²) in [6.45, 7) is 6.71. The van der Waals surface area contributed by atoms with Gasteiger partial charge in [-0.2, -0.15) is 0 Å². The van der Waals surface area contributed by atoms with Crippen LogP contribution in [0.3, 0.4) is 0 Å². The molecule has 1 aromatic heterocycles. The van der Waals surface area contributed by atoms with Crippen LogP contribution in [-0.2, 0) is 0 Å². The van der Waals surface area contributed by atoms with E-state index in [1.165, 1.54) is 24.8 Å². The standard InChI is InChI=1S/C19H25NO/c1-13(2)17-12-20(18-11-7-4-8-14(18)3)19(21)16-10-6-5-9-15(16)17/h5-6,9-10,12-14,18H,4,7-8,11H2,1-3H3/t14-,18+/m0/s1. The van der Waals surface area contributed by atoms with E-state index in [0.29, 0.717) is 17.9 Å². The molecule has 2 heteroatoms. The average Bonchev–Trinajstić information content (AvgIpc) is 2.48. The second-order valence-electron chi connectivity index (χ2n) is 6.83. The molecule has 0 saturated heterocycles. The first-order chi connectivity index (χ1) is 10.1. The summed E-state index contributed by atoms with van der Waals surface area (Å²) in [5.41, 5.74) is 1.48. The van der Waals surface area contributed by atoms with Gasteiger partial charge in [-0.1, -0.05) is 51.8 Å².